The second-order valence-corrected chi connectivity index (χ2v) is 3.24. The lowest BCUT2D eigenvalue weighted by molar-refractivity contribution is 0.281. The molecule has 0 unspecified atom stereocenters. The van der Waals surface area contributed by atoms with Gasteiger partial charge in [-0.15, -0.1) is 6.42 Å². The molecular weight excluding hydrogens is 251 g/mol. The molecule has 2 heteroatoms. The zero-order valence-corrected chi connectivity index (χ0v) is 8.00. The van der Waals surface area contributed by atoms with Crippen LogP contribution in [0.4, 0.5) is 0 Å². The molecule has 0 saturated carbocycles. The van der Waals surface area contributed by atoms with Crippen molar-refractivity contribution in [3.05, 3.63) is 32.9 Å². The highest BCUT2D eigenvalue weighted by atomic mass is 127. The Bertz CT molecular complexity index is 299. The van der Waals surface area contributed by atoms with Gasteiger partial charge in [0.25, 0.3) is 0 Å². The summed E-state index contributed by atoms with van der Waals surface area (Å²) >= 11 is 2.16. The fourth-order valence-corrected chi connectivity index (χ4v) is 1.57. The third-order valence-electron chi connectivity index (χ3n) is 1.41. The molecule has 1 N–H and O–H groups in total. The van der Waals surface area contributed by atoms with Crippen LogP contribution in [0, 0.1) is 15.9 Å². The van der Waals surface area contributed by atoms with Crippen LogP contribution in [0.15, 0.2) is 18.2 Å². The van der Waals surface area contributed by atoms with E-state index in [-0.39, 0.29) is 6.61 Å². The molecule has 1 aromatic carbocycles. The highest BCUT2D eigenvalue weighted by molar-refractivity contribution is 14.1. The number of aliphatic hydroxyl groups excluding tert-OH is 1. The van der Waals surface area contributed by atoms with Gasteiger partial charge in [-0.2, -0.15) is 0 Å². The molecule has 0 heterocycles. The second-order valence-electron chi connectivity index (χ2n) is 2.08. The minimum absolute atomic E-state index is 0.0103. The zero-order valence-electron chi connectivity index (χ0n) is 5.84. The molecule has 0 aliphatic heterocycles. The van der Waals surface area contributed by atoms with E-state index in [1.165, 1.54) is 0 Å². The van der Waals surface area contributed by atoms with Crippen LogP contribution in [0.25, 0.3) is 0 Å². The molecule has 56 valence electrons. The van der Waals surface area contributed by atoms with Crippen molar-refractivity contribution in [2.45, 2.75) is 6.61 Å². The summed E-state index contributed by atoms with van der Waals surface area (Å²) in [6.07, 6.45) is 5.26. The van der Waals surface area contributed by atoms with Crippen molar-refractivity contribution in [1.82, 2.24) is 0 Å². The third kappa shape index (κ3) is 1.73. The Labute approximate surface area is 79.6 Å². The van der Waals surface area contributed by atoms with Crippen molar-refractivity contribution in [1.29, 1.82) is 0 Å². The van der Waals surface area contributed by atoms with Crippen LogP contribution in [0.1, 0.15) is 11.1 Å². The molecule has 0 radical (unpaired) electrons. The molecule has 0 atom stereocenters. The Hall–Kier alpha value is -0.530. The largest absolute Gasteiger partial charge is 0.392 e. The monoisotopic (exact) mass is 258 g/mol. The van der Waals surface area contributed by atoms with Gasteiger partial charge in [0.2, 0.25) is 0 Å². The lowest BCUT2D eigenvalue weighted by Crippen LogP contribution is -1.91. The highest BCUT2D eigenvalue weighted by Gasteiger charge is 2.00. The topological polar surface area (TPSA) is 20.2 Å². The Morgan fingerprint density at radius 3 is 2.73 bits per heavy atom. The number of rotatable bonds is 1. The SMILES string of the molecule is C#Cc1c(I)cccc1CO. The fraction of sp³-hybridized carbons (Fsp3) is 0.111. The molecule has 0 bridgehead atoms. The van der Waals surface area contributed by atoms with Crippen LogP contribution in [0.5, 0.6) is 0 Å². The fourth-order valence-electron chi connectivity index (χ4n) is 0.862. The normalized spacial score (nSPS) is 9.18. The maximum absolute atomic E-state index is 8.88. The second kappa shape index (κ2) is 3.74. The zero-order chi connectivity index (χ0) is 8.27. The lowest BCUT2D eigenvalue weighted by Gasteiger charge is -2.01. The van der Waals surface area contributed by atoms with Crippen molar-refractivity contribution in [2.75, 3.05) is 0 Å². The average Bonchev–Trinajstić information content (AvgIpc) is 2.04. The summed E-state index contributed by atoms with van der Waals surface area (Å²) in [6.45, 7) is 0.0103. The molecule has 0 fully saturated rings. The van der Waals surface area contributed by atoms with Gasteiger partial charge in [0.15, 0.2) is 0 Å². The third-order valence-corrected chi connectivity index (χ3v) is 2.31. The predicted octanol–water partition coefficient (Wildman–Crippen LogP) is 1.76. The van der Waals surface area contributed by atoms with E-state index in [4.69, 9.17) is 11.5 Å². The molecule has 1 nitrogen and oxygen atoms in total. The van der Waals surface area contributed by atoms with Gasteiger partial charge in [-0.05, 0) is 34.2 Å². The maximum Gasteiger partial charge on any atom is 0.0694 e. The smallest absolute Gasteiger partial charge is 0.0694 e. The van der Waals surface area contributed by atoms with Gasteiger partial charge in [0.1, 0.15) is 0 Å². The summed E-state index contributed by atoms with van der Waals surface area (Å²) < 4.78 is 1.01. The van der Waals surface area contributed by atoms with E-state index in [2.05, 4.69) is 28.5 Å². The lowest BCUT2D eigenvalue weighted by atomic mass is 10.1. The summed E-state index contributed by atoms with van der Waals surface area (Å²) in [6, 6.07) is 5.64. The highest BCUT2D eigenvalue weighted by Crippen LogP contribution is 2.15. The number of terminal acetylenes is 1. The quantitative estimate of drug-likeness (QED) is 0.601. The first-order valence-corrected chi connectivity index (χ1v) is 4.22. The number of benzene rings is 1. The molecule has 0 aliphatic rings. The minimum atomic E-state index is 0.0103. The van der Waals surface area contributed by atoms with Crippen LogP contribution in [-0.2, 0) is 6.61 Å². The van der Waals surface area contributed by atoms with E-state index < -0.39 is 0 Å². The van der Waals surface area contributed by atoms with E-state index in [9.17, 15) is 0 Å². The van der Waals surface area contributed by atoms with Gasteiger partial charge in [0.05, 0.1) is 6.61 Å². The Morgan fingerprint density at radius 1 is 1.55 bits per heavy atom. The van der Waals surface area contributed by atoms with Crippen molar-refractivity contribution in [3.8, 4) is 12.3 Å². The Morgan fingerprint density at radius 2 is 2.27 bits per heavy atom. The van der Waals surface area contributed by atoms with Crippen molar-refractivity contribution < 1.29 is 5.11 Å². The van der Waals surface area contributed by atoms with Crippen LogP contribution in [0.3, 0.4) is 0 Å². The molecule has 0 aromatic heterocycles. The van der Waals surface area contributed by atoms with E-state index in [0.717, 1.165) is 14.7 Å². The standard InChI is InChI=1S/C9H7IO/c1-2-8-7(6-11)4-3-5-9(8)10/h1,3-5,11H,6H2. The molecule has 1 aromatic rings. The minimum Gasteiger partial charge on any atom is -0.392 e. The van der Waals surface area contributed by atoms with E-state index >= 15 is 0 Å². The molecule has 11 heavy (non-hydrogen) atoms. The Balaban J connectivity index is 3.27. The molecule has 0 spiro atoms. The van der Waals surface area contributed by atoms with Gasteiger partial charge in [0, 0.05) is 9.13 Å². The van der Waals surface area contributed by atoms with Gasteiger partial charge in [-0.1, -0.05) is 18.1 Å². The maximum atomic E-state index is 8.88. The van der Waals surface area contributed by atoms with Crippen LogP contribution >= 0.6 is 22.6 Å². The first-order valence-electron chi connectivity index (χ1n) is 3.14. The molecule has 0 amide bonds. The van der Waals surface area contributed by atoms with Crippen molar-refractivity contribution in [2.24, 2.45) is 0 Å². The Kier molecular flexibility index (Phi) is 2.92. The van der Waals surface area contributed by atoms with Crippen molar-refractivity contribution >= 4 is 22.6 Å². The average molecular weight is 258 g/mol. The van der Waals surface area contributed by atoms with Crippen LogP contribution in [-0.4, -0.2) is 5.11 Å². The summed E-state index contributed by atoms with van der Waals surface area (Å²) in [4.78, 5) is 0. The van der Waals surface area contributed by atoms with Gasteiger partial charge in [-0.25, -0.2) is 0 Å². The predicted molar refractivity (Wildman–Crippen MR) is 53.0 cm³/mol. The first-order chi connectivity index (χ1) is 5.29. The summed E-state index contributed by atoms with van der Waals surface area (Å²) in [5.74, 6) is 2.55. The summed E-state index contributed by atoms with van der Waals surface area (Å²) in [5.41, 5.74) is 1.62. The van der Waals surface area contributed by atoms with E-state index in [1.807, 2.05) is 18.2 Å². The summed E-state index contributed by atoms with van der Waals surface area (Å²) in [7, 11) is 0. The number of hydrogen-bond acceptors (Lipinski definition) is 1. The number of hydrogen-bond donors (Lipinski definition) is 1. The van der Waals surface area contributed by atoms with Crippen LogP contribution < -0.4 is 0 Å². The first kappa shape index (κ1) is 8.57. The summed E-state index contributed by atoms with van der Waals surface area (Å²) in [5, 5.41) is 8.88. The van der Waals surface area contributed by atoms with Gasteiger partial charge < -0.3 is 5.11 Å². The van der Waals surface area contributed by atoms with Gasteiger partial charge >= 0.3 is 0 Å². The number of aliphatic hydroxyl groups is 1. The molecular formula is C9H7IO. The molecule has 1 rings (SSSR count). The molecule has 0 saturated heterocycles. The van der Waals surface area contributed by atoms with E-state index in [0.29, 0.717) is 0 Å². The van der Waals surface area contributed by atoms with Gasteiger partial charge in [-0.3, -0.25) is 0 Å². The number of halogens is 1. The van der Waals surface area contributed by atoms with Crippen LogP contribution in [0.2, 0.25) is 0 Å². The van der Waals surface area contributed by atoms with E-state index in [1.54, 1.807) is 0 Å². The molecule has 0 aliphatic carbocycles. The van der Waals surface area contributed by atoms with Crippen molar-refractivity contribution in [3.63, 3.8) is 0 Å².